The van der Waals surface area contributed by atoms with Crippen LogP contribution in [-0.4, -0.2) is 40.3 Å². The third-order valence-electron chi connectivity index (χ3n) is 6.02. The predicted molar refractivity (Wildman–Crippen MR) is 117 cm³/mol. The largest absolute Gasteiger partial charge is 0.309 e. The molecule has 0 saturated heterocycles. The van der Waals surface area contributed by atoms with E-state index in [0.717, 1.165) is 69.9 Å². The maximum absolute atomic E-state index is 12.7. The molecular formula is C21H34N4O4S. The lowest BCUT2D eigenvalue weighted by Crippen LogP contribution is -2.27. The SMILES string of the molecule is CCCCCCC(C(C)OS(C)(=O)=O)n1cnc2c(=O)[nH]c(C3CCCCC3)nc21. The van der Waals surface area contributed by atoms with Gasteiger partial charge in [0.05, 0.1) is 24.7 Å². The Morgan fingerprint density at radius 1 is 1.23 bits per heavy atom. The number of nitrogens with one attached hydrogen (secondary N) is 1. The molecule has 1 fully saturated rings. The number of imidazole rings is 1. The number of H-pyrrole nitrogens is 1. The number of unbranched alkanes of at least 4 members (excludes halogenated alkanes) is 3. The van der Waals surface area contributed by atoms with Crippen LogP contribution in [0.25, 0.3) is 11.2 Å². The summed E-state index contributed by atoms with van der Waals surface area (Å²) in [4.78, 5) is 24.7. The molecular weight excluding hydrogens is 404 g/mol. The Morgan fingerprint density at radius 2 is 1.97 bits per heavy atom. The second-order valence-electron chi connectivity index (χ2n) is 8.53. The first-order chi connectivity index (χ1) is 14.3. The highest BCUT2D eigenvalue weighted by Gasteiger charge is 2.27. The summed E-state index contributed by atoms with van der Waals surface area (Å²) in [6, 6.07) is -0.268. The molecule has 0 spiro atoms. The molecule has 2 atom stereocenters. The van der Waals surface area contributed by atoms with E-state index in [1.54, 1.807) is 13.3 Å². The fraction of sp³-hybridized carbons (Fsp3) is 0.762. The summed E-state index contributed by atoms with van der Waals surface area (Å²) in [5.41, 5.74) is 0.573. The second kappa shape index (κ2) is 10.0. The van der Waals surface area contributed by atoms with Crippen LogP contribution in [0.4, 0.5) is 0 Å². The summed E-state index contributed by atoms with van der Waals surface area (Å²) in [6.07, 6.45) is 12.6. The molecule has 1 N–H and O–H groups in total. The predicted octanol–water partition coefficient (Wildman–Crippen LogP) is 4.04. The summed E-state index contributed by atoms with van der Waals surface area (Å²) in [6.45, 7) is 3.91. The Bertz CT molecular complexity index is 992. The maximum atomic E-state index is 12.7. The van der Waals surface area contributed by atoms with Crippen molar-refractivity contribution in [2.24, 2.45) is 0 Å². The molecule has 2 aromatic heterocycles. The van der Waals surface area contributed by atoms with Gasteiger partial charge < -0.3 is 9.55 Å². The van der Waals surface area contributed by atoms with E-state index in [1.807, 2.05) is 4.57 Å². The fourth-order valence-corrected chi connectivity index (χ4v) is 5.15. The minimum atomic E-state index is -3.60. The fourth-order valence-electron chi connectivity index (χ4n) is 4.48. The highest BCUT2D eigenvalue weighted by Crippen LogP contribution is 2.31. The minimum Gasteiger partial charge on any atom is -0.309 e. The first-order valence-corrected chi connectivity index (χ1v) is 13.0. The van der Waals surface area contributed by atoms with E-state index in [0.29, 0.717) is 11.2 Å². The monoisotopic (exact) mass is 438 g/mol. The quantitative estimate of drug-likeness (QED) is 0.443. The molecule has 0 bridgehead atoms. The van der Waals surface area contributed by atoms with Gasteiger partial charge in [-0.2, -0.15) is 8.42 Å². The molecule has 1 aliphatic rings. The highest BCUT2D eigenvalue weighted by molar-refractivity contribution is 7.86. The minimum absolute atomic E-state index is 0.235. The number of fused-ring (bicyclic) bond motifs is 1. The Hall–Kier alpha value is -1.74. The van der Waals surface area contributed by atoms with Crippen molar-refractivity contribution in [3.63, 3.8) is 0 Å². The van der Waals surface area contributed by atoms with Crippen LogP contribution in [0.3, 0.4) is 0 Å². The van der Waals surface area contributed by atoms with Gasteiger partial charge >= 0.3 is 0 Å². The van der Waals surface area contributed by atoms with Gasteiger partial charge in [0.15, 0.2) is 11.2 Å². The van der Waals surface area contributed by atoms with Gasteiger partial charge in [-0.3, -0.25) is 8.98 Å². The summed E-state index contributed by atoms with van der Waals surface area (Å²) < 4.78 is 30.7. The van der Waals surface area contributed by atoms with Gasteiger partial charge in [-0.25, -0.2) is 9.97 Å². The highest BCUT2D eigenvalue weighted by atomic mass is 32.2. The van der Waals surface area contributed by atoms with Crippen molar-refractivity contribution in [2.45, 2.75) is 96.1 Å². The topological polar surface area (TPSA) is 107 Å². The lowest BCUT2D eigenvalue weighted by Gasteiger charge is -2.25. The average molecular weight is 439 g/mol. The van der Waals surface area contributed by atoms with Gasteiger partial charge in [-0.05, 0) is 26.2 Å². The number of aromatic nitrogens is 4. The Morgan fingerprint density at radius 3 is 2.63 bits per heavy atom. The van der Waals surface area contributed by atoms with E-state index >= 15 is 0 Å². The van der Waals surface area contributed by atoms with Gasteiger partial charge in [0.25, 0.3) is 15.7 Å². The molecule has 2 heterocycles. The number of aromatic amines is 1. The molecule has 2 aromatic rings. The zero-order chi connectivity index (χ0) is 21.7. The molecule has 168 valence electrons. The van der Waals surface area contributed by atoms with E-state index < -0.39 is 16.2 Å². The van der Waals surface area contributed by atoms with Crippen molar-refractivity contribution in [1.82, 2.24) is 19.5 Å². The normalized spacial score (nSPS) is 18.0. The molecule has 0 amide bonds. The zero-order valence-electron chi connectivity index (χ0n) is 18.3. The Balaban J connectivity index is 1.97. The third kappa shape index (κ3) is 5.69. The summed E-state index contributed by atoms with van der Waals surface area (Å²) in [5.74, 6) is 0.974. The molecule has 1 aliphatic carbocycles. The van der Waals surface area contributed by atoms with E-state index in [1.165, 1.54) is 6.42 Å². The number of hydrogen-bond acceptors (Lipinski definition) is 6. The van der Waals surface area contributed by atoms with Crippen molar-refractivity contribution in [2.75, 3.05) is 6.26 Å². The first kappa shape index (κ1) is 22.9. The lowest BCUT2D eigenvalue weighted by molar-refractivity contribution is 0.156. The second-order valence-corrected chi connectivity index (χ2v) is 10.1. The van der Waals surface area contributed by atoms with Gasteiger partial charge in [0, 0.05) is 5.92 Å². The van der Waals surface area contributed by atoms with Crippen molar-refractivity contribution in [3.05, 3.63) is 22.5 Å². The summed E-state index contributed by atoms with van der Waals surface area (Å²) in [7, 11) is -3.60. The molecule has 3 rings (SSSR count). The van der Waals surface area contributed by atoms with Crippen LogP contribution >= 0.6 is 0 Å². The molecule has 9 heteroatoms. The first-order valence-electron chi connectivity index (χ1n) is 11.1. The van der Waals surface area contributed by atoms with Gasteiger partial charge in [0.1, 0.15) is 5.82 Å². The van der Waals surface area contributed by atoms with Crippen LogP contribution in [0.15, 0.2) is 11.1 Å². The molecule has 8 nitrogen and oxygen atoms in total. The van der Waals surface area contributed by atoms with Crippen LogP contribution in [0.2, 0.25) is 0 Å². The molecule has 1 saturated carbocycles. The van der Waals surface area contributed by atoms with E-state index in [4.69, 9.17) is 9.17 Å². The molecule has 2 unspecified atom stereocenters. The van der Waals surface area contributed by atoms with Crippen molar-refractivity contribution in [1.29, 1.82) is 0 Å². The van der Waals surface area contributed by atoms with Gasteiger partial charge in [-0.15, -0.1) is 0 Å². The zero-order valence-corrected chi connectivity index (χ0v) is 19.1. The van der Waals surface area contributed by atoms with E-state index in [9.17, 15) is 13.2 Å². The molecule has 0 radical (unpaired) electrons. The van der Waals surface area contributed by atoms with Crippen molar-refractivity contribution in [3.8, 4) is 0 Å². The third-order valence-corrected chi connectivity index (χ3v) is 6.67. The van der Waals surface area contributed by atoms with Gasteiger partial charge in [-0.1, -0.05) is 51.9 Å². The van der Waals surface area contributed by atoms with Crippen LogP contribution < -0.4 is 5.56 Å². The van der Waals surface area contributed by atoms with Crippen LogP contribution in [0.1, 0.15) is 95.8 Å². The number of nitrogens with zero attached hydrogens (tertiary/aromatic N) is 3. The van der Waals surface area contributed by atoms with Crippen LogP contribution in [-0.2, 0) is 14.3 Å². The lowest BCUT2D eigenvalue weighted by atomic mass is 9.89. The average Bonchev–Trinajstić information content (AvgIpc) is 3.11. The molecule has 0 aliphatic heterocycles. The van der Waals surface area contributed by atoms with E-state index in [-0.39, 0.29) is 17.5 Å². The summed E-state index contributed by atoms with van der Waals surface area (Å²) in [5, 5.41) is 0. The molecule has 30 heavy (non-hydrogen) atoms. The molecule has 0 aromatic carbocycles. The Labute approximate surface area is 178 Å². The number of rotatable bonds is 10. The number of hydrogen-bond donors (Lipinski definition) is 1. The smallest absolute Gasteiger partial charge is 0.279 e. The summed E-state index contributed by atoms with van der Waals surface area (Å²) >= 11 is 0. The Kier molecular flexibility index (Phi) is 7.68. The van der Waals surface area contributed by atoms with Gasteiger partial charge in [0.2, 0.25) is 0 Å². The van der Waals surface area contributed by atoms with Crippen molar-refractivity contribution >= 4 is 21.3 Å². The van der Waals surface area contributed by atoms with E-state index in [2.05, 4.69) is 16.9 Å². The van der Waals surface area contributed by atoms with Crippen LogP contribution in [0.5, 0.6) is 0 Å². The van der Waals surface area contributed by atoms with Crippen molar-refractivity contribution < 1.29 is 12.6 Å². The standard InChI is InChI=1S/C21H34N4O4S/c1-4-5-6-10-13-17(15(2)29-30(3,27)28)25-14-22-18-20(25)23-19(24-21(18)26)16-11-8-7-9-12-16/h14-17H,4-13H2,1-3H3,(H,23,24,26). The maximum Gasteiger partial charge on any atom is 0.279 e. The van der Waals surface area contributed by atoms with Crippen LogP contribution in [0, 0.1) is 0 Å².